The molecule has 0 atom stereocenters. The predicted octanol–water partition coefficient (Wildman–Crippen LogP) is 4.61. The molecule has 3 aromatic rings. The second-order valence-corrected chi connectivity index (χ2v) is 7.20. The predicted molar refractivity (Wildman–Crippen MR) is 119 cm³/mol. The van der Waals surface area contributed by atoms with Gasteiger partial charge in [0.05, 0.1) is 28.8 Å². The largest absolute Gasteiger partial charge is 0.370 e. The van der Waals surface area contributed by atoms with Crippen LogP contribution >= 0.6 is 23.2 Å². The van der Waals surface area contributed by atoms with Crippen molar-refractivity contribution < 1.29 is 4.79 Å². The summed E-state index contributed by atoms with van der Waals surface area (Å²) in [6.45, 7) is 0.700. The van der Waals surface area contributed by atoms with Crippen molar-refractivity contribution in [1.29, 1.82) is 0 Å². The van der Waals surface area contributed by atoms with Crippen LogP contribution in [0.2, 0.25) is 10.0 Å². The lowest BCUT2D eigenvalue weighted by atomic mass is 10.1. The molecule has 0 radical (unpaired) electrons. The Hall–Kier alpha value is -3.02. The lowest BCUT2D eigenvalue weighted by molar-refractivity contribution is 0.0985. The van der Waals surface area contributed by atoms with E-state index >= 15 is 0 Å². The first-order valence-corrected chi connectivity index (χ1v) is 9.65. The number of anilines is 1. The fourth-order valence-corrected chi connectivity index (χ4v) is 3.45. The number of nitrogens with two attached hydrogens (primary N) is 2. The van der Waals surface area contributed by atoms with Crippen LogP contribution in [-0.2, 0) is 13.1 Å². The smallest absolute Gasteiger partial charge is 0.258 e. The van der Waals surface area contributed by atoms with Gasteiger partial charge < -0.3 is 16.4 Å². The van der Waals surface area contributed by atoms with E-state index in [1.54, 1.807) is 35.2 Å². The zero-order valence-electron chi connectivity index (χ0n) is 15.6. The van der Waals surface area contributed by atoms with Crippen LogP contribution in [0.5, 0.6) is 0 Å². The maximum atomic E-state index is 13.3. The highest BCUT2D eigenvalue weighted by Gasteiger charge is 2.22. The van der Waals surface area contributed by atoms with Gasteiger partial charge in [0, 0.05) is 5.56 Å². The summed E-state index contributed by atoms with van der Waals surface area (Å²) in [5, 5.41) is 0.817. The van der Waals surface area contributed by atoms with Crippen LogP contribution in [0.15, 0.2) is 77.8 Å². The lowest BCUT2D eigenvalue weighted by Crippen LogP contribution is -2.31. The third-order valence-corrected chi connectivity index (χ3v) is 4.89. The average molecular weight is 427 g/mol. The van der Waals surface area contributed by atoms with E-state index in [-0.39, 0.29) is 11.9 Å². The fraction of sp³-hybridized carbons (Fsp3) is 0.0909. The summed E-state index contributed by atoms with van der Waals surface area (Å²) < 4.78 is 0. The van der Waals surface area contributed by atoms with Gasteiger partial charge in [0.25, 0.3) is 5.91 Å². The van der Waals surface area contributed by atoms with Crippen LogP contribution in [0.3, 0.4) is 0 Å². The Bertz CT molecular complexity index is 996. The van der Waals surface area contributed by atoms with Crippen LogP contribution in [-0.4, -0.2) is 11.9 Å². The number of carbonyl (C=O) groups excluding carboxylic acids is 1. The summed E-state index contributed by atoms with van der Waals surface area (Å²) in [4.78, 5) is 18.8. The molecule has 0 aromatic heterocycles. The molecule has 0 saturated carbocycles. The standard InChI is InChI=1S/C22H20Cl2N4O/c23-18-7-4-8-19(24)20(18)28(21(29)17-5-2-1-3-6-17)14-16-11-9-15(10-12-16)13-27-22(25)26/h1-12H,13-14H2,(H4,25,26,27). The second kappa shape index (κ2) is 9.45. The summed E-state index contributed by atoms with van der Waals surface area (Å²) in [5.41, 5.74) is 13.7. The van der Waals surface area contributed by atoms with Gasteiger partial charge in [0.2, 0.25) is 0 Å². The van der Waals surface area contributed by atoms with Gasteiger partial charge in [-0.15, -0.1) is 0 Å². The summed E-state index contributed by atoms with van der Waals surface area (Å²) in [6.07, 6.45) is 0. The van der Waals surface area contributed by atoms with Crippen molar-refractivity contribution >= 4 is 40.8 Å². The average Bonchev–Trinajstić information content (AvgIpc) is 2.72. The van der Waals surface area contributed by atoms with Gasteiger partial charge in [0.15, 0.2) is 5.96 Å². The minimum absolute atomic E-state index is 0.0436. The van der Waals surface area contributed by atoms with Crippen molar-refractivity contribution in [3.05, 3.63) is 99.5 Å². The fourth-order valence-electron chi connectivity index (χ4n) is 2.85. The number of para-hydroxylation sites is 1. The highest BCUT2D eigenvalue weighted by molar-refractivity contribution is 6.40. The second-order valence-electron chi connectivity index (χ2n) is 6.39. The maximum absolute atomic E-state index is 13.3. The quantitative estimate of drug-likeness (QED) is 0.445. The molecule has 0 aliphatic carbocycles. The number of hydrogen-bond acceptors (Lipinski definition) is 2. The van der Waals surface area contributed by atoms with Crippen LogP contribution in [0.1, 0.15) is 21.5 Å². The molecular weight excluding hydrogens is 407 g/mol. The lowest BCUT2D eigenvalue weighted by Gasteiger charge is -2.25. The number of benzene rings is 3. The Balaban J connectivity index is 1.94. The molecule has 0 fully saturated rings. The number of aliphatic imine (C=N–C) groups is 1. The minimum Gasteiger partial charge on any atom is -0.370 e. The van der Waals surface area contributed by atoms with E-state index in [9.17, 15) is 4.79 Å². The molecule has 1 amide bonds. The van der Waals surface area contributed by atoms with Crippen LogP contribution in [0.25, 0.3) is 0 Å². The maximum Gasteiger partial charge on any atom is 0.258 e. The Morgan fingerprint density at radius 3 is 2.00 bits per heavy atom. The van der Waals surface area contributed by atoms with E-state index in [4.69, 9.17) is 34.7 Å². The van der Waals surface area contributed by atoms with E-state index < -0.39 is 0 Å². The van der Waals surface area contributed by atoms with Gasteiger partial charge in [-0.3, -0.25) is 4.79 Å². The molecule has 7 heteroatoms. The molecule has 0 heterocycles. The van der Waals surface area contributed by atoms with E-state index in [0.29, 0.717) is 34.4 Å². The third kappa shape index (κ3) is 5.28. The van der Waals surface area contributed by atoms with Crippen molar-refractivity contribution in [2.75, 3.05) is 4.90 Å². The Kier molecular flexibility index (Phi) is 6.75. The van der Waals surface area contributed by atoms with Gasteiger partial charge in [-0.1, -0.05) is 71.7 Å². The summed E-state index contributed by atoms with van der Waals surface area (Å²) >= 11 is 12.8. The van der Waals surface area contributed by atoms with Crippen molar-refractivity contribution in [2.45, 2.75) is 13.1 Å². The van der Waals surface area contributed by atoms with Gasteiger partial charge in [0.1, 0.15) is 0 Å². The van der Waals surface area contributed by atoms with Gasteiger partial charge in [-0.05, 0) is 35.4 Å². The van der Waals surface area contributed by atoms with E-state index in [1.807, 2.05) is 42.5 Å². The number of rotatable bonds is 6. The zero-order valence-corrected chi connectivity index (χ0v) is 17.1. The molecule has 0 aliphatic rings. The molecule has 0 saturated heterocycles. The Labute approximate surface area is 179 Å². The highest BCUT2D eigenvalue weighted by Crippen LogP contribution is 2.35. The number of nitrogens with zero attached hydrogens (tertiary/aromatic N) is 2. The molecular formula is C22H20Cl2N4O. The van der Waals surface area contributed by atoms with Crippen LogP contribution in [0.4, 0.5) is 5.69 Å². The molecule has 5 nitrogen and oxygen atoms in total. The van der Waals surface area contributed by atoms with E-state index in [0.717, 1.165) is 11.1 Å². The van der Waals surface area contributed by atoms with Gasteiger partial charge in [-0.25, -0.2) is 4.99 Å². The number of hydrogen-bond donors (Lipinski definition) is 2. The monoisotopic (exact) mass is 426 g/mol. The normalized spacial score (nSPS) is 10.4. The highest BCUT2D eigenvalue weighted by atomic mass is 35.5. The molecule has 29 heavy (non-hydrogen) atoms. The van der Waals surface area contributed by atoms with Crippen molar-refractivity contribution in [3.8, 4) is 0 Å². The first-order valence-electron chi connectivity index (χ1n) is 8.90. The van der Waals surface area contributed by atoms with E-state index in [2.05, 4.69) is 4.99 Å². The van der Waals surface area contributed by atoms with Gasteiger partial charge >= 0.3 is 0 Å². The first-order chi connectivity index (χ1) is 14.0. The molecule has 4 N–H and O–H groups in total. The minimum atomic E-state index is -0.190. The SMILES string of the molecule is NC(N)=NCc1ccc(CN(C(=O)c2ccccc2)c2c(Cl)cccc2Cl)cc1. The topological polar surface area (TPSA) is 84.7 Å². The van der Waals surface area contributed by atoms with Crippen LogP contribution in [0, 0.1) is 0 Å². The summed E-state index contributed by atoms with van der Waals surface area (Å²) in [7, 11) is 0. The van der Waals surface area contributed by atoms with Crippen LogP contribution < -0.4 is 16.4 Å². The first kappa shape index (κ1) is 20.7. The molecule has 0 unspecified atom stereocenters. The Morgan fingerprint density at radius 2 is 1.41 bits per heavy atom. The summed E-state index contributed by atoms with van der Waals surface area (Å²) in [6, 6.07) is 21.9. The third-order valence-electron chi connectivity index (χ3n) is 4.28. The van der Waals surface area contributed by atoms with Crippen molar-refractivity contribution in [1.82, 2.24) is 0 Å². The summed E-state index contributed by atoms with van der Waals surface area (Å²) in [5.74, 6) is -0.146. The number of carbonyl (C=O) groups is 1. The Morgan fingerprint density at radius 1 is 0.828 bits per heavy atom. The number of guanidine groups is 1. The molecule has 3 aromatic carbocycles. The molecule has 0 aliphatic heterocycles. The zero-order chi connectivity index (χ0) is 20.8. The number of amides is 1. The van der Waals surface area contributed by atoms with Crippen molar-refractivity contribution in [2.24, 2.45) is 16.5 Å². The van der Waals surface area contributed by atoms with E-state index in [1.165, 1.54) is 0 Å². The van der Waals surface area contributed by atoms with Gasteiger partial charge in [-0.2, -0.15) is 0 Å². The molecule has 0 spiro atoms. The molecule has 3 rings (SSSR count). The molecule has 148 valence electrons. The molecule has 0 bridgehead atoms. The van der Waals surface area contributed by atoms with Crippen molar-refractivity contribution in [3.63, 3.8) is 0 Å². The number of halogens is 2.